The minimum atomic E-state index is 0.893. The largest absolute Gasteiger partial charge is 0.0533 e. The van der Waals surface area contributed by atoms with Gasteiger partial charge in [0.05, 0.1) is 0 Å². The lowest BCUT2D eigenvalue weighted by molar-refractivity contribution is 0.406. The van der Waals surface area contributed by atoms with Gasteiger partial charge >= 0.3 is 0 Å². The standard InChI is InChI=1S/C11H20/c1-2-4-6-8-11(9-10-11)7-5-3-1/h1-10H2. The summed E-state index contributed by atoms with van der Waals surface area (Å²) in [5.74, 6) is 0. The Hall–Kier alpha value is 0. The van der Waals surface area contributed by atoms with E-state index in [-0.39, 0.29) is 0 Å². The van der Waals surface area contributed by atoms with E-state index in [4.69, 9.17) is 0 Å². The highest BCUT2D eigenvalue weighted by Gasteiger charge is 2.40. The van der Waals surface area contributed by atoms with Crippen molar-refractivity contribution in [2.45, 2.75) is 64.2 Å². The summed E-state index contributed by atoms with van der Waals surface area (Å²) in [6, 6.07) is 0. The van der Waals surface area contributed by atoms with Crippen LogP contribution in [0.4, 0.5) is 0 Å². The van der Waals surface area contributed by atoms with Crippen molar-refractivity contribution >= 4 is 0 Å². The Balaban J connectivity index is 1.82. The maximum absolute atomic E-state index is 1.56. The molecule has 0 atom stereocenters. The molecular formula is C11H20. The summed E-state index contributed by atoms with van der Waals surface area (Å²) in [5, 5.41) is 0. The Bertz CT molecular complexity index is 110. The van der Waals surface area contributed by atoms with Crippen molar-refractivity contribution in [3.8, 4) is 0 Å². The van der Waals surface area contributed by atoms with E-state index in [1.54, 1.807) is 25.7 Å². The molecule has 0 heterocycles. The van der Waals surface area contributed by atoms with Gasteiger partial charge in [0.15, 0.2) is 0 Å². The van der Waals surface area contributed by atoms with Crippen LogP contribution in [0.5, 0.6) is 0 Å². The first-order valence-corrected chi connectivity index (χ1v) is 5.41. The van der Waals surface area contributed by atoms with Crippen LogP contribution in [-0.4, -0.2) is 0 Å². The molecule has 1 spiro atoms. The van der Waals surface area contributed by atoms with Crippen molar-refractivity contribution in [2.24, 2.45) is 5.41 Å². The van der Waals surface area contributed by atoms with E-state index in [1.165, 1.54) is 38.5 Å². The first kappa shape index (κ1) is 7.64. The van der Waals surface area contributed by atoms with Crippen LogP contribution in [0, 0.1) is 5.41 Å². The van der Waals surface area contributed by atoms with Gasteiger partial charge in [-0.05, 0) is 31.1 Å². The highest BCUT2D eigenvalue weighted by Crippen LogP contribution is 2.54. The van der Waals surface area contributed by atoms with Gasteiger partial charge in [-0.2, -0.15) is 0 Å². The van der Waals surface area contributed by atoms with Crippen LogP contribution in [0.2, 0.25) is 0 Å². The quantitative estimate of drug-likeness (QED) is 0.494. The van der Waals surface area contributed by atoms with Gasteiger partial charge in [0.25, 0.3) is 0 Å². The molecule has 2 saturated carbocycles. The molecule has 11 heavy (non-hydrogen) atoms. The monoisotopic (exact) mass is 152 g/mol. The van der Waals surface area contributed by atoms with Crippen LogP contribution in [0.1, 0.15) is 64.2 Å². The lowest BCUT2D eigenvalue weighted by Crippen LogP contribution is -1.98. The number of rotatable bonds is 0. The van der Waals surface area contributed by atoms with Crippen LogP contribution in [0.15, 0.2) is 0 Å². The maximum atomic E-state index is 1.56. The molecule has 0 saturated heterocycles. The van der Waals surface area contributed by atoms with Gasteiger partial charge in [0.2, 0.25) is 0 Å². The zero-order valence-electron chi connectivity index (χ0n) is 7.57. The second-order valence-corrected chi connectivity index (χ2v) is 4.62. The lowest BCUT2D eigenvalue weighted by Gasteiger charge is -2.11. The highest BCUT2D eigenvalue weighted by atomic mass is 14.5. The number of hydrogen-bond acceptors (Lipinski definition) is 0. The van der Waals surface area contributed by atoms with E-state index in [1.807, 2.05) is 0 Å². The van der Waals surface area contributed by atoms with E-state index in [0.29, 0.717) is 0 Å². The van der Waals surface area contributed by atoms with Gasteiger partial charge in [0.1, 0.15) is 0 Å². The van der Waals surface area contributed by atoms with Crippen LogP contribution >= 0.6 is 0 Å². The van der Waals surface area contributed by atoms with E-state index >= 15 is 0 Å². The molecule has 2 rings (SSSR count). The Morgan fingerprint density at radius 1 is 0.455 bits per heavy atom. The summed E-state index contributed by atoms with van der Waals surface area (Å²) in [4.78, 5) is 0. The molecule has 0 nitrogen and oxygen atoms in total. The molecule has 0 N–H and O–H groups in total. The summed E-state index contributed by atoms with van der Waals surface area (Å²) in [5.41, 5.74) is 0.893. The van der Waals surface area contributed by atoms with Gasteiger partial charge in [-0.25, -0.2) is 0 Å². The van der Waals surface area contributed by atoms with E-state index < -0.39 is 0 Å². The molecule has 2 fully saturated rings. The van der Waals surface area contributed by atoms with Crippen LogP contribution in [-0.2, 0) is 0 Å². The zero-order valence-corrected chi connectivity index (χ0v) is 7.57. The maximum Gasteiger partial charge on any atom is -0.0297 e. The molecule has 0 aliphatic heterocycles. The Kier molecular flexibility index (Phi) is 2.20. The fourth-order valence-electron chi connectivity index (χ4n) is 2.51. The molecule has 0 aromatic rings. The van der Waals surface area contributed by atoms with E-state index in [9.17, 15) is 0 Å². The van der Waals surface area contributed by atoms with Crippen molar-refractivity contribution < 1.29 is 0 Å². The van der Waals surface area contributed by atoms with Gasteiger partial charge in [-0.1, -0.05) is 38.5 Å². The molecule has 0 aromatic heterocycles. The third-order valence-corrected chi connectivity index (χ3v) is 3.62. The molecule has 2 aliphatic rings. The predicted octanol–water partition coefficient (Wildman–Crippen LogP) is 3.90. The van der Waals surface area contributed by atoms with E-state index in [2.05, 4.69) is 0 Å². The summed E-state index contributed by atoms with van der Waals surface area (Å²) in [6.45, 7) is 0. The van der Waals surface area contributed by atoms with Gasteiger partial charge in [-0.3, -0.25) is 0 Å². The molecule has 0 amide bonds. The zero-order chi connectivity index (χ0) is 7.57. The van der Waals surface area contributed by atoms with Crippen molar-refractivity contribution in [1.29, 1.82) is 0 Å². The molecule has 0 bridgehead atoms. The molecule has 64 valence electrons. The van der Waals surface area contributed by atoms with Crippen molar-refractivity contribution in [3.63, 3.8) is 0 Å². The SMILES string of the molecule is C1CCCCC2(CCC1)CC2. The Labute approximate surface area is 70.4 Å². The first-order valence-electron chi connectivity index (χ1n) is 5.41. The molecule has 0 radical (unpaired) electrons. The normalized spacial score (nSPS) is 30.5. The minimum absolute atomic E-state index is 0.893. The minimum Gasteiger partial charge on any atom is -0.0533 e. The summed E-state index contributed by atoms with van der Waals surface area (Å²) < 4.78 is 0. The predicted molar refractivity (Wildman–Crippen MR) is 48.6 cm³/mol. The van der Waals surface area contributed by atoms with Gasteiger partial charge in [-0.15, -0.1) is 0 Å². The Morgan fingerprint density at radius 2 is 0.909 bits per heavy atom. The van der Waals surface area contributed by atoms with Crippen LogP contribution in [0.25, 0.3) is 0 Å². The molecule has 0 heteroatoms. The summed E-state index contributed by atoms with van der Waals surface area (Å²) >= 11 is 0. The average Bonchev–Trinajstić information content (AvgIpc) is 2.70. The molecule has 0 unspecified atom stereocenters. The second kappa shape index (κ2) is 3.16. The second-order valence-electron chi connectivity index (χ2n) is 4.62. The lowest BCUT2D eigenvalue weighted by atomic mass is 9.94. The van der Waals surface area contributed by atoms with Crippen molar-refractivity contribution in [3.05, 3.63) is 0 Å². The van der Waals surface area contributed by atoms with Gasteiger partial charge < -0.3 is 0 Å². The van der Waals surface area contributed by atoms with Crippen molar-refractivity contribution in [1.82, 2.24) is 0 Å². The number of hydrogen-bond donors (Lipinski definition) is 0. The van der Waals surface area contributed by atoms with Gasteiger partial charge in [0, 0.05) is 0 Å². The molecule has 2 aliphatic carbocycles. The average molecular weight is 152 g/mol. The van der Waals surface area contributed by atoms with Crippen LogP contribution < -0.4 is 0 Å². The Morgan fingerprint density at radius 3 is 1.36 bits per heavy atom. The highest BCUT2D eigenvalue weighted by molar-refractivity contribution is 4.92. The van der Waals surface area contributed by atoms with Crippen LogP contribution in [0.3, 0.4) is 0 Å². The summed E-state index contributed by atoms with van der Waals surface area (Å²) in [7, 11) is 0. The fourth-order valence-corrected chi connectivity index (χ4v) is 2.51. The third-order valence-electron chi connectivity index (χ3n) is 3.62. The molecule has 0 aromatic carbocycles. The third kappa shape index (κ3) is 1.98. The topological polar surface area (TPSA) is 0 Å². The fraction of sp³-hybridized carbons (Fsp3) is 1.00. The van der Waals surface area contributed by atoms with E-state index in [0.717, 1.165) is 5.41 Å². The molecular weight excluding hydrogens is 132 g/mol. The summed E-state index contributed by atoms with van der Waals surface area (Å²) in [6.07, 6.45) is 15.4. The smallest absolute Gasteiger partial charge is 0.0297 e. The first-order chi connectivity index (χ1) is 5.41. The van der Waals surface area contributed by atoms with Crippen molar-refractivity contribution in [2.75, 3.05) is 0 Å².